The van der Waals surface area contributed by atoms with Gasteiger partial charge in [-0.3, -0.25) is 14.4 Å². The number of carbonyl (C=O) groups excluding carboxylic acids is 1. The standard InChI is InChI=1S/C17H24N4O3S3/c1-6-9-25-17-20-19-16(26-17)18-15(22)13(4)21(27(5,23)24)14-8-7-11(2)12(3)10-14/h7-8,10,13H,6,9H2,1-5H3,(H,18,19,22)/t13-/m0/s1. The molecule has 0 aliphatic rings. The molecule has 27 heavy (non-hydrogen) atoms. The Labute approximate surface area is 168 Å². The summed E-state index contributed by atoms with van der Waals surface area (Å²) < 4.78 is 26.6. The molecule has 0 unspecified atom stereocenters. The van der Waals surface area contributed by atoms with Crippen LogP contribution >= 0.6 is 23.1 Å². The van der Waals surface area contributed by atoms with Gasteiger partial charge in [0.1, 0.15) is 6.04 Å². The molecule has 1 aromatic heterocycles. The maximum atomic E-state index is 12.7. The molecule has 1 N–H and O–H groups in total. The second-order valence-electron chi connectivity index (χ2n) is 6.21. The highest BCUT2D eigenvalue weighted by Crippen LogP contribution is 2.27. The molecule has 148 valence electrons. The van der Waals surface area contributed by atoms with Gasteiger partial charge in [0.05, 0.1) is 11.9 Å². The first-order valence-electron chi connectivity index (χ1n) is 8.47. The predicted octanol–water partition coefficient (Wildman–Crippen LogP) is 3.45. The van der Waals surface area contributed by atoms with Crippen LogP contribution in [0.25, 0.3) is 0 Å². The van der Waals surface area contributed by atoms with Gasteiger partial charge in [0, 0.05) is 5.75 Å². The molecule has 0 spiro atoms. The lowest BCUT2D eigenvalue weighted by Gasteiger charge is -2.28. The van der Waals surface area contributed by atoms with Crippen LogP contribution < -0.4 is 9.62 Å². The van der Waals surface area contributed by atoms with Crippen LogP contribution in [0, 0.1) is 13.8 Å². The first-order chi connectivity index (χ1) is 12.6. The summed E-state index contributed by atoms with van der Waals surface area (Å²) in [4.78, 5) is 12.7. The fourth-order valence-electron chi connectivity index (χ4n) is 2.39. The molecular weight excluding hydrogens is 404 g/mol. The van der Waals surface area contributed by atoms with Gasteiger partial charge >= 0.3 is 0 Å². The molecule has 0 saturated heterocycles. The second kappa shape index (κ2) is 9.03. The van der Waals surface area contributed by atoms with Crippen LogP contribution in [-0.2, 0) is 14.8 Å². The van der Waals surface area contributed by atoms with E-state index in [2.05, 4.69) is 22.4 Å². The number of amides is 1. The first kappa shape index (κ1) is 21.6. The summed E-state index contributed by atoms with van der Waals surface area (Å²) in [5.41, 5.74) is 2.46. The van der Waals surface area contributed by atoms with Crippen LogP contribution in [-0.4, -0.2) is 42.6 Å². The monoisotopic (exact) mass is 428 g/mol. The maximum Gasteiger partial charge on any atom is 0.249 e. The van der Waals surface area contributed by atoms with Crippen molar-refractivity contribution in [3.8, 4) is 0 Å². The van der Waals surface area contributed by atoms with Crippen molar-refractivity contribution in [2.24, 2.45) is 0 Å². The highest BCUT2D eigenvalue weighted by molar-refractivity contribution is 8.01. The van der Waals surface area contributed by atoms with Gasteiger partial charge in [-0.15, -0.1) is 10.2 Å². The molecule has 0 fully saturated rings. The van der Waals surface area contributed by atoms with Crippen LogP contribution in [0.15, 0.2) is 22.5 Å². The molecule has 1 aromatic carbocycles. The zero-order valence-electron chi connectivity index (χ0n) is 16.0. The molecule has 1 atom stereocenters. The number of nitrogens with one attached hydrogen (secondary N) is 1. The Balaban J connectivity index is 2.22. The lowest BCUT2D eigenvalue weighted by Crippen LogP contribution is -2.45. The number of rotatable bonds is 8. The van der Waals surface area contributed by atoms with Gasteiger partial charge in [-0.05, 0) is 50.5 Å². The fourth-order valence-corrected chi connectivity index (χ4v) is 5.24. The van der Waals surface area contributed by atoms with Crippen molar-refractivity contribution in [1.82, 2.24) is 10.2 Å². The van der Waals surface area contributed by atoms with Crippen molar-refractivity contribution in [1.29, 1.82) is 0 Å². The Kier molecular flexibility index (Phi) is 7.24. The van der Waals surface area contributed by atoms with E-state index in [4.69, 9.17) is 0 Å². The van der Waals surface area contributed by atoms with Crippen LogP contribution in [0.3, 0.4) is 0 Å². The first-order valence-corrected chi connectivity index (χ1v) is 12.1. The summed E-state index contributed by atoms with van der Waals surface area (Å²) in [6.45, 7) is 7.48. The minimum Gasteiger partial charge on any atom is -0.299 e. The second-order valence-corrected chi connectivity index (χ2v) is 10.4. The van der Waals surface area contributed by atoms with E-state index in [1.54, 1.807) is 30.8 Å². The van der Waals surface area contributed by atoms with Crippen LogP contribution in [0.2, 0.25) is 0 Å². The summed E-state index contributed by atoms with van der Waals surface area (Å²) in [6.07, 6.45) is 2.11. The number of hydrogen-bond acceptors (Lipinski definition) is 7. The van der Waals surface area contributed by atoms with E-state index in [1.807, 2.05) is 19.9 Å². The van der Waals surface area contributed by atoms with Crippen molar-refractivity contribution in [3.63, 3.8) is 0 Å². The van der Waals surface area contributed by atoms with Gasteiger partial charge in [-0.1, -0.05) is 36.1 Å². The summed E-state index contributed by atoms with van der Waals surface area (Å²) in [6, 6.07) is 4.38. The van der Waals surface area contributed by atoms with Gasteiger partial charge in [0.15, 0.2) is 4.34 Å². The predicted molar refractivity (Wildman–Crippen MR) is 112 cm³/mol. The molecule has 1 heterocycles. The Morgan fingerprint density at radius 1 is 1.30 bits per heavy atom. The van der Waals surface area contributed by atoms with Gasteiger partial charge in [-0.25, -0.2) is 8.42 Å². The van der Waals surface area contributed by atoms with Crippen LogP contribution in [0.1, 0.15) is 31.4 Å². The number of carbonyl (C=O) groups is 1. The largest absolute Gasteiger partial charge is 0.299 e. The highest BCUT2D eigenvalue weighted by Gasteiger charge is 2.30. The van der Waals surface area contributed by atoms with E-state index in [0.29, 0.717) is 10.8 Å². The zero-order valence-corrected chi connectivity index (χ0v) is 18.5. The smallest absolute Gasteiger partial charge is 0.249 e. The quantitative estimate of drug-likeness (QED) is 0.511. The van der Waals surface area contributed by atoms with E-state index < -0.39 is 22.0 Å². The third-order valence-corrected chi connectivity index (χ3v) is 7.32. The highest BCUT2D eigenvalue weighted by atomic mass is 32.2. The van der Waals surface area contributed by atoms with E-state index >= 15 is 0 Å². The van der Waals surface area contributed by atoms with Crippen molar-refractivity contribution in [3.05, 3.63) is 29.3 Å². The minimum absolute atomic E-state index is 0.360. The topological polar surface area (TPSA) is 92.3 Å². The van der Waals surface area contributed by atoms with E-state index in [-0.39, 0.29) is 0 Å². The van der Waals surface area contributed by atoms with Crippen molar-refractivity contribution in [2.75, 3.05) is 21.6 Å². The lowest BCUT2D eigenvalue weighted by atomic mass is 10.1. The van der Waals surface area contributed by atoms with E-state index in [1.165, 1.54) is 11.3 Å². The van der Waals surface area contributed by atoms with E-state index in [0.717, 1.165) is 38.2 Å². The average molecular weight is 429 g/mol. The van der Waals surface area contributed by atoms with Gasteiger partial charge in [-0.2, -0.15) is 0 Å². The Morgan fingerprint density at radius 3 is 2.59 bits per heavy atom. The SMILES string of the molecule is CCCSc1nnc(NC(=O)[C@H](C)N(c2ccc(C)c(C)c2)S(C)(=O)=O)s1. The third-order valence-electron chi connectivity index (χ3n) is 3.90. The lowest BCUT2D eigenvalue weighted by molar-refractivity contribution is -0.116. The van der Waals surface area contributed by atoms with Crippen molar-refractivity contribution >= 4 is 49.8 Å². The van der Waals surface area contributed by atoms with Gasteiger partial charge < -0.3 is 0 Å². The number of benzene rings is 1. The summed E-state index contributed by atoms with van der Waals surface area (Å²) in [5, 5.41) is 11.0. The number of hydrogen-bond donors (Lipinski definition) is 1. The Morgan fingerprint density at radius 2 is 2.00 bits per heavy atom. The van der Waals surface area contributed by atoms with Gasteiger partial charge in [0.2, 0.25) is 21.1 Å². The molecule has 0 aliphatic carbocycles. The van der Waals surface area contributed by atoms with Crippen molar-refractivity contribution < 1.29 is 13.2 Å². The third kappa shape index (κ3) is 5.66. The molecule has 2 aromatic rings. The molecule has 7 nitrogen and oxygen atoms in total. The molecule has 1 amide bonds. The zero-order chi connectivity index (χ0) is 20.2. The summed E-state index contributed by atoms with van der Waals surface area (Å²) in [5.74, 6) is 0.468. The number of aryl methyl sites for hydroxylation is 2. The number of anilines is 2. The summed E-state index contributed by atoms with van der Waals surface area (Å²) >= 11 is 2.85. The Hall–Kier alpha value is -1.65. The van der Waals surface area contributed by atoms with E-state index in [9.17, 15) is 13.2 Å². The number of thioether (sulfide) groups is 1. The molecule has 10 heteroatoms. The van der Waals surface area contributed by atoms with Gasteiger partial charge in [0.25, 0.3) is 0 Å². The molecule has 2 rings (SSSR count). The molecule has 0 radical (unpaired) electrons. The van der Waals surface area contributed by atoms with Crippen LogP contribution in [0.5, 0.6) is 0 Å². The maximum absolute atomic E-state index is 12.7. The number of aromatic nitrogens is 2. The number of sulfonamides is 1. The molecule has 0 aliphatic heterocycles. The molecule has 0 saturated carbocycles. The molecule has 0 bridgehead atoms. The minimum atomic E-state index is -3.66. The normalized spacial score (nSPS) is 12.6. The van der Waals surface area contributed by atoms with Crippen LogP contribution in [0.4, 0.5) is 10.8 Å². The summed E-state index contributed by atoms with van der Waals surface area (Å²) in [7, 11) is -3.66. The Bertz CT molecular complexity index is 912. The fraction of sp³-hybridized carbons (Fsp3) is 0.471. The molecular formula is C17H24N4O3S3. The average Bonchev–Trinajstić information content (AvgIpc) is 3.02. The number of nitrogens with zero attached hydrogens (tertiary/aromatic N) is 3. The van der Waals surface area contributed by atoms with Crippen molar-refractivity contribution in [2.45, 2.75) is 44.5 Å².